The molecular formula is C23H21F3N4O4. The van der Waals surface area contributed by atoms with Gasteiger partial charge in [-0.15, -0.1) is 13.2 Å². The highest BCUT2D eigenvalue weighted by atomic mass is 19.4. The second-order valence-electron chi connectivity index (χ2n) is 8.22. The van der Waals surface area contributed by atoms with Gasteiger partial charge >= 0.3 is 6.36 Å². The van der Waals surface area contributed by atoms with E-state index in [0.717, 1.165) is 23.2 Å². The average Bonchev–Trinajstić information content (AvgIpc) is 3.11. The van der Waals surface area contributed by atoms with Crippen LogP contribution in [0.4, 0.5) is 13.2 Å². The van der Waals surface area contributed by atoms with Crippen molar-refractivity contribution in [2.24, 2.45) is 0 Å². The van der Waals surface area contributed by atoms with Crippen molar-refractivity contribution in [3.8, 4) is 22.7 Å². The van der Waals surface area contributed by atoms with Crippen LogP contribution in [0.5, 0.6) is 5.75 Å². The third-order valence-corrected chi connectivity index (χ3v) is 5.66. The van der Waals surface area contributed by atoms with Crippen LogP contribution in [0, 0.1) is 0 Å². The van der Waals surface area contributed by atoms with Gasteiger partial charge in [-0.25, -0.2) is 0 Å². The van der Waals surface area contributed by atoms with Crippen LogP contribution in [0.3, 0.4) is 0 Å². The number of carbonyl (C=O) groups excluding carboxylic acids is 1. The molecule has 0 spiro atoms. The van der Waals surface area contributed by atoms with Crippen LogP contribution in [-0.4, -0.2) is 43.8 Å². The molecule has 0 radical (unpaired) electrons. The van der Waals surface area contributed by atoms with E-state index in [1.54, 1.807) is 19.1 Å². The van der Waals surface area contributed by atoms with Gasteiger partial charge in [0, 0.05) is 11.8 Å². The highest BCUT2D eigenvalue weighted by Crippen LogP contribution is 2.30. The SMILES string of the molecule is C[C@]1(O)CCC[C@H]1NC(=O)c1cc(-c2ccc(OC(F)(F)F)cc2)nn(-c2cccnc2)c1=O. The number of nitrogens with one attached hydrogen (secondary N) is 1. The molecule has 178 valence electrons. The minimum atomic E-state index is -4.83. The Bertz CT molecular complexity index is 1240. The van der Waals surface area contributed by atoms with Crippen molar-refractivity contribution in [1.82, 2.24) is 20.1 Å². The number of ether oxygens (including phenoxy) is 1. The number of pyridine rings is 1. The molecule has 0 saturated heterocycles. The van der Waals surface area contributed by atoms with Gasteiger partial charge in [-0.3, -0.25) is 14.6 Å². The van der Waals surface area contributed by atoms with Crippen molar-refractivity contribution < 1.29 is 27.8 Å². The van der Waals surface area contributed by atoms with Crippen molar-refractivity contribution in [2.45, 2.75) is 44.2 Å². The number of aliphatic hydroxyl groups is 1. The fourth-order valence-electron chi connectivity index (χ4n) is 3.89. The van der Waals surface area contributed by atoms with E-state index in [0.29, 0.717) is 24.1 Å². The van der Waals surface area contributed by atoms with E-state index in [1.165, 1.54) is 30.6 Å². The highest BCUT2D eigenvalue weighted by Gasteiger charge is 2.38. The zero-order valence-corrected chi connectivity index (χ0v) is 18.0. The summed E-state index contributed by atoms with van der Waals surface area (Å²) < 4.78 is 42.3. The molecule has 8 nitrogen and oxygen atoms in total. The monoisotopic (exact) mass is 474 g/mol. The summed E-state index contributed by atoms with van der Waals surface area (Å²) in [5.41, 5.74) is -1.20. The molecule has 1 saturated carbocycles. The smallest absolute Gasteiger partial charge is 0.406 e. The minimum absolute atomic E-state index is 0.172. The number of carbonyl (C=O) groups is 1. The quantitative estimate of drug-likeness (QED) is 0.588. The van der Waals surface area contributed by atoms with E-state index in [9.17, 15) is 27.9 Å². The van der Waals surface area contributed by atoms with E-state index in [4.69, 9.17) is 0 Å². The van der Waals surface area contributed by atoms with Gasteiger partial charge in [-0.05, 0) is 68.7 Å². The maximum atomic E-state index is 13.1. The molecule has 0 bridgehead atoms. The largest absolute Gasteiger partial charge is 0.573 e. The molecule has 2 aromatic heterocycles. The van der Waals surface area contributed by atoms with Gasteiger partial charge in [0.05, 0.1) is 29.2 Å². The van der Waals surface area contributed by atoms with E-state index in [1.807, 2.05) is 0 Å². The van der Waals surface area contributed by atoms with Gasteiger partial charge in [0.1, 0.15) is 11.3 Å². The molecule has 34 heavy (non-hydrogen) atoms. The summed E-state index contributed by atoms with van der Waals surface area (Å²) in [6.45, 7) is 1.63. The van der Waals surface area contributed by atoms with Crippen LogP contribution in [0.25, 0.3) is 16.9 Å². The summed E-state index contributed by atoms with van der Waals surface area (Å²) in [6, 6.07) is 8.81. The fourth-order valence-corrected chi connectivity index (χ4v) is 3.89. The first-order valence-electron chi connectivity index (χ1n) is 10.5. The first kappa shape index (κ1) is 23.4. The number of amides is 1. The maximum absolute atomic E-state index is 13.1. The lowest BCUT2D eigenvalue weighted by Gasteiger charge is -2.26. The topological polar surface area (TPSA) is 106 Å². The normalized spacial score (nSPS) is 20.2. The van der Waals surface area contributed by atoms with Crippen molar-refractivity contribution >= 4 is 5.91 Å². The number of alkyl halides is 3. The predicted octanol–water partition coefficient (Wildman–Crippen LogP) is 3.23. The highest BCUT2D eigenvalue weighted by molar-refractivity contribution is 5.95. The molecule has 3 aromatic rings. The standard InChI is InChI=1S/C23H21F3N4O4/c1-22(33)10-2-5-19(22)28-20(31)17-12-18(14-6-8-16(9-7-14)34-23(24,25)26)29-30(21(17)32)15-4-3-11-27-13-15/h3-4,6-9,11-13,19,33H,2,5,10H2,1H3,(H,28,31)/t19-,22+/m1/s1. The molecule has 0 unspecified atom stereocenters. The predicted molar refractivity (Wildman–Crippen MR) is 115 cm³/mol. The average molecular weight is 474 g/mol. The lowest BCUT2D eigenvalue weighted by molar-refractivity contribution is -0.274. The lowest BCUT2D eigenvalue weighted by atomic mass is 10.00. The Balaban J connectivity index is 1.75. The van der Waals surface area contributed by atoms with E-state index in [-0.39, 0.29) is 11.3 Å². The van der Waals surface area contributed by atoms with Crippen LogP contribution in [0.15, 0.2) is 59.7 Å². The fraction of sp³-hybridized carbons (Fsp3) is 0.304. The second-order valence-corrected chi connectivity index (χ2v) is 8.22. The van der Waals surface area contributed by atoms with Crippen molar-refractivity contribution in [3.05, 3.63) is 70.8 Å². The van der Waals surface area contributed by atoms with Crippen molar-refractivity contribution in [3.63, 3.8) is 0 Å². The summed E-state index contributed by atoms with van der Waals surface area (Å²) in [5.74, 6) is -1.10. The molecule has 2 heterocycles. The van der Waals surface area contributed by atoms with Crippen LogP contribution in [-0.2, 0) is 0 Å². The summed E-state index contributed by atoms with van der Waals surface area (Å²) in [4.78, 5) is 30.2. The van der Waals surface area contributed by atoms with Gasteiger partial charge in [-0.1, -0.05) is 0 Å². The Morgan fingerprint density at radius 1 is 1.26 bits per heavy atom. The Morgan fingerprint density at radius 2 is 2.00 bits per heavy atom. The van der Waals surface area contributed by atoms with E-state index < -0.39 is 35.2 Å². The molecular weight excluding hydrogens is 453 g/mol. The van der Waals surface area contributed by atoms with E-state index in [2.05, 4.69) is 20.1 Å². The van der Waals surface area contributed by atoms with Crippen molar-refractivity contribution in [2.75, 3.05) is 0 Å². The molecule has 1 aliphatic carbocycles. The second kappa shape index (κ2) is 8.90. The molecule has 1 fully saturated rings. The molecule has 2 N–H and O–H groups in total. The van der Waals surface area contributed by atoms with Crippen LogP contribution >= 0.6 is 0 Å². The molecule has 4 rings (SSSR count). The first-order valence-corrected chi connectivity index (χ1v) is 10.5. The lowest BCUT2D eigenvalue weighted by Crippen LogP contribution is -2.48. The summed E-state index contributed by atoms with van der Waals surface area (Å²) in [7, 11) is 0. The van der Waals surface area contributed by atoms with Gasteiger partial charge in [-0.2, -0.15) is 9.78 Å². The molecule has 1 aromatic carbocycles. The van der Waals surface area contributed by atoms with Gasteiger partial charge in [0.15, 0.2) is 0 Å². The molecule has 0 aliphatic heterocycles. The Kier molecular flexibility index (Phi) is 6.13. The summed E-state index contributed by atoms with van der Waals surface area (Å²) in [5, 5.41) is 17.5. The van der Waals surface area contributed by atoms with E-state index >= 15 is 0 Å². The Hall–Kier alpha value is -3.73. The first-order chi connectivity index (χ1) is 16.0. The number of benzene rings is 1. The number of rotatable bonds is 5. The summed E-state index contributed by atoms with van der Waals surface area (Å²) in [6.07, 6.45) is -0.124. The van der Waals surface area contributed by atoms with Crippen LogP contribution in [0.2, 0.25) is 0 Å². The van der Waals surface area contributed by atoms with Crippen LogP contribution in [0.1, 0.15) is 36.5 Å². The molecule has 1 amide bonds. The number of aromatic nitrogens is 3. The Labute approximate surface area is 192 Å². The van der Waals surface area contributed by atoms with Gasteiger partial charge < -0.3 is 15.2 Å². The van der Waals surface area contributed by atoms with Crippen LogP contribution < -0.4 is 15.6 Å². The minimum Gasteiger partial charge on any atom is -0.406 e. The zero-order chi connectivity index (χ0) is 24.5. The summed E-state index contributed by atoms with van der Waals surface area (Å²) >= 11 is 0. The number of hydrogen-bond donors (Lipinski definition) is 2. The number of hydrogen-bond acceptors (Lipinski definition) is 6. The third kappa shape index (κ3) is 5.09. The molecule has 2 atom stereocenters. The van der Waals surface area contributed by atoms with Gasteiger partial charge in [0.2, 0.25) is 0 Å². The number of halogens is 3. The number of nitrogens with zero attached hydrogens (tertiary/aromatic N) is 3. The van der Waals surface area contributed by atoms with Crippen molar-refractivity contribution in [1.29, 1.82) is 0 Å². The molecule has 11 heteroatoms. The zero-order valence-electron chi connectivity index (χ0n) is 18.0. The molecule has 1 aliphatic rings. The third-order valence-electron chi connectivity index (χ3n) is 5.66. The Morgan fingerprint density at radius 3 is 2.59 bits per heavy atom. The van der Waals surface area contributed by atoms with Gasteiger partial charge in [0.25, 0.3) is 11.5 Å². The maximum Gasteiger partial charge on any atom is 0.573 e.